The van der Waals surface area contributed by atoms with Crippen LogP contribution in [0.25, 0.3) is 0 Å². The first-order chi connectivity index (χ1) is 7.98. The Morgan fingerprint density at radius 3 is 2.88 bits per heavy atom. The molecule has 0 bridgehead atoms. The van der Waals surface area contributed by atoms with Gasteiger partial charge in [-0.15, -0.1) is 0 Å². The quantitative estimate of drug-likeness (QED) is 0.713. The molecule has 1 fully saturated rings. The fourth-order valence-electron chi connectivity index (χ4n) is 1.98. The normalized spacial score (nSPS) is 23.8. The third-order valence-corrected chi connectivity index (χ3v) is 2.61. The third-order valence-electron chi connectivity index (χ3n) is 2.61. The van der Waals surface area contributed by atoms with Crippen molar-refractivity contribution < 1.29 is 19.4 Å². The van der Waals surface area contributed by atoms with E-state index in [1.165, 1.54) is 0 Å². The second-order valence-electron chi connectivity index (χ2n) is 5.01. The largest absolute Gasteiger partial charge is 0.394 e. The van der Waals surface area contributed by atoms with Gasteiger partial charge in [0.25, 0.3) is 0 Å². The Balaban J connectivity index is 2.48. The molecule has 1 N–H and O–H groups in total. The Hall–Kier alpha value is -0.650. The molecule has 0 aromatic heterocycles. The molecule has 0 saturated carbocycles. The fourth-order valence-corrected chi connectivity index (χ4v) is 1.98. The van der Waals surface area contributed by atoms with Crippen LogP contribution in [0.3, 0.4) is 0 Å². The highest BCUT2D eigenvalue weighted by Gasteiger charge is 2.35. The number of aliphatic hydroxyl groups is 1. The van der Waals surface area contributed by atoms with Crippen LogP contribution in [0.1, 0.15) is 27.2 Å². The van der Waals surface area contributed by atoms with Gasteiger partial charge in [0.05, 0.1) is 18.3 Å². The first kappa shape index (κ1) is 14.4. The molecule has 0 aromatic rings. The number of carbonyl (C=O) groups is 1. The van der Waals surface area contributed by atoms with E-state index in [4.69, 9.17) is 14.6 Å². The van der Waals surface area contributed by atoms with Gasteiger partial charge in [-0.3, -0.25) is 4.79 Å². The van der Waals surface area contributed by atoms with Gasteiger partial charge in [-0.1, -0.05) is 6.92 Å². The minimum absolute atomic E-state index is 0.0340. The van der Waals surface area contributed by atoms with Crippen molar-refractivity contribution in [3.8, 4) is 0 Å². The van der Waals surface area contributed by atoms with Crippen molar-refractivity contribution in [2.45, 2.75) is 38.9 Å². The van der Waals surface area contributed by atoms with Gasteiger partial charge in [0, 0.05) is 19.7 Å². The van der Waals surface area contributed by atoms with Gasteiger partial charge in [-0.2, -0.15) is 0 Å². The standard InChI is InChI=1S/C12H23NO4/c1-4-5-16-8-11(15)13-6-10(7-14)17-12(2,3)9-13/h10,14H,4-9H2,1-3H3. The van der Waals surface area contributed by atoms with E-state index in [0.717, 1.165) is 6.42 Å². The summed E-state index contributed by atoms with van der Waals surface area (Å²) in [6.07, 6.45) is 0.607. The molecule has 0 aliphatic carbocycles. The van der Waals surface area contributed by atoms with Gasteiger partial charge >= 0.3 is 0 Å². The lowest BCUT2D eigenvalue weighted by Gasteiger charge is -2.42. The van der Waals surface area contributed by atoms with Crippen LogP contribution < -0.4 is 0 Å². The van der Waals surface area contributed by atoms with Gasteiger partial charge in [0.2, 0.25) is 5.91 Å². The zero-order valence-corrected chi connectivity index (χ0v) is 10.9. The minimum atomic E-state index is -0.411. The summed E-state index contributed by atoms with van der Waals surface area (Å²) in [5.74, 6) is -0.0340. The predicted octanol–water partition coefficient (Wildman–Crippen LogP) is 0.411. The van der Waals surface area contributed by atoms with Gasteiger partial charge in [0.1, 0.15) is 6.61 Å². The number of hydrogen-bond acceptors (Lipinski definition) is 4. The molecule has 5 heteroatoms. The fraction of sp³-hybridized carbons (Fsp3) is 0.917. The number of amides is 1. The van der Waals surface area contributed by atoms with Crippen molar-refractivity contribution in [3.05, 3.63) is 0 Å². The number of aliphatic hydroxyl groups excluding tert-OH is 1. The zero-order valence-electron chi connectivity index (χ0n) is 10.9. The predicted molar refractivity (Wildman–Crippen MR) is 63.7 cm³/mol. The third kappa shape index (κ3) is 4.61. The summed E-state index contributed by atoms with van der Waals surface area (Å²) in [7, 11) is 0. The molecule has 1 rings (SSSR count). The van der Waals surface area contributed by atoms with E-state index in [-0.39, 0.29) is 25.2 Å². The maximum Gasteiger partial charge on any atom is 0.248 e. The lowest BCUT2D eigenvalue weighted by atomic mass is 10.1. The van der Waals surface area contributed by atoms with E-state index in [0.29, 0.717) is 19.7 Å². The molecule has 1 amide bonds. The number of ether oxygens (including phenoxy) is 2. The van der Waals surface area contributed by atoms with E-state index >= 15 is 0 Å². The van der Waals surface area contributed by atoms with Gasteiger partial charge in [-0.25, -0.2) is 0 Å². The Kier molecular flexibility index (Phi) is 5.36. The molecule has 5 nitrogen and oxygen atoms in total. The number of morpholine rings is 1. The highest BCUT2D eigenvalue weighted by molar-refractivity contribution is 5.77. The second kappa shape index (κ2) is 6.33. The second-order valence-corrected chi connectivity index (χ2v) is 5.01. The number of nitrogens with zero attached hydrogens (tertiary/aromatic N) is 1. The Labute approximate surface area is 103 Å². The van der Waals surface area contributed by atoms with E-state index < -0.39 is 5.60 Å². The number of hydrogen-bond donors (Lipinski definition) is 1. The summed E-state index contributed by atoms with van der Waals surface area (Å²) in [6.45, 7) is 7.47. The van der Waals surface area contributed by atoms with E-state index in [1.54, 1.807) is 4.90 Å². The monoisotopic (exact) mass is 245 g/mol. The summed E-state index contributed by atoms with van der Waals surface area (Å²) >= 11 is 0. The van der Waals surface area contributed by atoms with E-state index in [9.17, 15) is 4.79 Å². The molecule has 1 aliphatic rings. The molecule has 0 spiro atoms. The van der Waals surface area contributed by atoms with Crippen LogP contribution in [0.2, 0.25) is 0 Å². The summed E-state index contributed by atoms with van der Waals surface area (Å²) in [4.78, 5) is 13.6. The van der Waals surface area contributed by atoms with Crippen LogP contribution in [0.4, 0.5) is 0 Å². The Morgan fingerprint density at radius 1 is 1.59 bits per heavy atom. The Bertz CT molecular complexity index is 255. The summed E-state index contributed by atoms with van der Waals surface area (Å²) < 4.78 is 10.9. The maximum absolute atomic E-state index is 11.9. The van der Waals surface area contributed by atoms with Gasteiger partial charge < -0.3 is 19.5 Å². The molecule has 1 aliphatic heterocycles. The first-order valence-corrected chi connectivity index (χ1v) is 6.12. The molecule has 1 atom stereocenters. The SMILES string of the molecule is CCCOCC(=O)N1CC(CO)OC(C)(C)C1. The van der Waals surface area contributed by atoms with Crippen molar-refractivity contribution in [3.63, 3.8) is 0 Å². The van der Waals surface area contributed by atoms with Crippen LogP contribution in [-0.4, -0.2) is 60.5 Å². The zero-order chi connectivity index (χ0) is 12.9. The van der Waals surface area contributed by atoms with E-state index in [2.05, 4.69) is 0 Å². The summed E-state index contributed by atoms with van der Waals surface area (Å²) in [5, 5.41) is 9.14. The number of rotatable bonds is 5. The molecule has 100 valence electrons. The lowest BCUT2D eigenvalue weighted by molar-refractivity contribution is -0.169. The first-order valence-electron chi connectivity index (χ1n) is 6.12. The van der Waals surface area contributed by atoms with Crippen molar-refractivity contribution in [1.82, 2.24) is 4.90 Å². The lowest BCUT2D eigenvalue weighted by Crippen LogP contribution is -2.56. The van der Waals surface area contributed by atoms with Crippen LogP contribution in [0.15, 0.2) is 0 Å². The van der Waals surface area contributed by atoms with Crippen molar-refractivity contribution in [2.75, 3.05) is 32.9 Å². The summed E-state index contributed by atoms with van der Waals surface area (Å²) in [6, 6.07) is 0. The van der Waals surface area contributed by atoms with Crippen LogP contribution in [-0.2, 0) is 14.3 Å². The average molecular weight is 245 g/mol. The topological polar surface area (TPSA) is 59.0 Å². The van der Waals surface area contributed by atoms with Crippen molar-refractivity contribution in [1.29, 1.82) is 0 Å². The molecule has 17 heavy (non-hydrogen) atoms. The van der Waals surface area contributed by atoms with Gasteiger partial charge in [-0.05, 0) is 20.3 Å². The molecular formula is C12H23NO4. The molecular weight excluding hydrogens is 222 g/mol. The number of carbonyl (C=O) groups excluding carboxylic acids is 1. The van der Waals surface area contributed by atoms with E-state index in [1.807, 2.05) is 20.8 Å². The van der Waals surface area contributed by atoms with Crippen molar-refractivity contribution >= 4 is 5.91 Å². The smallest absolute Gasteiger partial charge is 0.248 e. The van der Waals surface area contributed by atoms with Gasteiger partial charge in [0.15, 0.2) is 0 Å². The van der Waals surface area contributed by atoms with Crippen LogP contribution >= 0.6 is 0 Å². The molecule has 1 heterocycles. The Morgan fingerprint density at radius 2 is 2.29 bits per heavy atom. The minimum Gasteiger partial charge on any atom is -0.394 e. The molecule has 0 radical (unpaired) electrons. The van der Waals surface area contributed by atoms with Crippen LogP contribution in [0, 0.1) is 0 Å². The highest BCUT2D eigenvalue weighted by atomic mass is 16.5. The molecule has 0 aromatic carbocycles. The summed E-state index contributed by atoms with van der Waals surface area (Å²) in [5.41, 5.74) is -0.411. The highest BCUT2D eigenvalue weighted by Crippen LogP contribution is 2.20. The average Bonchev–Trinajstić information content (AvgIpc) is 2.27. The van der Waals surface area contributed by atoms with Crippen LogP contribution in [0.5, 0.6) is 0 Å². The molecule has 1 saturated heterocycles. The van der Waals surface area contributed by atoms with Crippen molar-refractivity contribution in [2.24, 2.45) is 0 Å². The maximum atomic E-state index is 11.9. The molecule has 1 unspecified atom stereocenters.